The van der Waals surface area contributed by atoms with E-state index in [-0.39, 0.29) is 0 Å². The summed E-state index contributed by atoms with van der Waals surface area (Å²) in [5.41, 5.74) is 9.37. The van der Waals surface area contributed by atoms with Crippen LogP contribution in [-0.2, 0) is 6.42 Å². The molecule has 0 radical (unpaired) electrons. The number of rotatable bonds is 1. The summed E-state index contributed by atoms with van der Waals surface area (Å²) in [7, 11) is 0. The monoisotopic (exact) mass is 173 g/mol. The third-order valence-corrected chi connectivity index (χ3v) is 4.12. The van der Waals surface area contributed by atoms with Gasteiger partial charge in [0.25, 0.3) is 0 Å². The Labute approximate surface area is 78.9 Å². The van der Waals surface area contributed by atoms with Gasteiger partial charge in [0.2, 0.25) is 0 Å². The molecule has 0 aromatic heterocycles. The predicted octanol–water partition coefficient (Wildman–Crippen LogP) is 1.92. The molecule has 2 aliphatic carbocycles. The van der Waals surface area contributed by atoms with Crippen LogP contribution in [0.1, 0.15) is 24.0 Å². The van der Waals surface area contributed by atoms with Crippen LogP contribution in [0.25, 0.3) is 0 Å². The van der Waals surface area contributed by atoms with Crippen LogP contribution < -0.4 is 5.73 Å². The molecule has 1 aromatic carbocycles. The fraction of sp³-hybridized carbons (Fsp3) is 0.500. The molecule has 68 valence electrons. The molecule has 0 amide bonds. The molecule has 13 heavy (non-hydrogen) atoms. The smallest absolute Gasteiger partial charge is 0.00142 e. The normalized spacial score (nSPS) is 39.8. The minimum absolute atomic E-state index is 0.425. The Hall–Kier alpha value is -0.820. The molecular formula is C12H15N. The van der Waals surface area contributed by atoms with E-state index in [0.717, 1.165) is 18.4 Å². The van der Waals surface area contributed by atoms with Gasteiger partial charge in [-0.3, -0.25) is 0 Å². The molecule has 0 heterocycles. The van der Waals surface area contributed by atoms with Crippen LogP contribution in [0, 0.1) is 11.3 Å². The minimum Gasteiger partial charge on any atom is -0.330 e. The quantitative estimate of drug-likeness (QED) is 0.690. The van der Waals surface area contributed by atoms with Gasteiger partial charge in [-0.15, -0.1) is 0 Å². The second-order valence-corrected chi connectivity index (χ2v) is 4.70. The summed E-state index contributed by atoms with van der Waals surface area (Å²) in [6.07, 6.45) is 1.26. The van der Waals surface area contributed by atoms with Gasteiger partial charge in [-0.25, -0.2) is 0 Å². The Morgan fingerprint density at radius 2 is 2.23 bits per heavy atom. The molecule has 0 spiro atoms. The predicted molar refractivity (Wildman–Crippen MR) is 53.5 cm³/mol. The summed E-state index contributed by atoms with van der Waals surface area (Å²) in [4.78, 5) is 0. The van der Waals surface area contributed by atoms with Crippen molar-refractivity contribution in [1.29, 1.82) is 0 Å². The van der Waals surface area contributed by atoms with Crippen molar-refractivity contribution in [3.63, 3.8) is 0 Å². The average Bonchev–Trinajstić information content (AvgIpc) is 2.60. The van der Waals surface area contributed by atoms with Gasteiger partial charge < -0.3 is 5.73 Å². The summed E-state index contributed by atoms with van der Waals surface area (Å²) in [6, 6.07) is 8.83. The molecule has 0 bridgehead atoms. The molecule has 1 nitrogen and oxygen atoms in total. The van der Waals surface area contributed by atoms with E-state index in [1.165, 1.54) is 6.42 Å². The average molecular weight is 173 g/mol. The number of benzene rings is 1. The van der Waals surface area contributed by atoms with Crippen molar-refractivity contribution in [1.82, 2.24) is 0 Å². The van der Waals surface area contributed by atoms with Crippen molar-refractivity contribution in [3.05, 3.63) is 35.4 Å². The van der Waals surface area contributed by atoms with E-state index in [1.807, 2.05) is 0 Å². The Kier molecular flexibility index (Phi) is 1.26. The maximum absolute atomic E-state index is 5.82. The lowest BCUT2D eigenvalue weighted by Crippen LogP contribution is -2.17. The summed E-state index contributed by atoms with van der Waals surface area (Å²) in [5, 5.41) is 0. The van der Waals surface area contributed by atoms with Gasteiger partial charge in [-0.1, -0.05) is 31.2 Å². The molecule has 0 aliphatic heterocycles. The molecular weight excluding hydrogens is 158 g/mol. The van der Waals surface area contributed by atoms with Crippen molar-refractivity contribution in [2.24, 2.45) is 17.1 Å². The standard InChI is InChI=1S/C12H15N/c1-12(7-13)10-6-8-4-2-3-5-9(8)11(10)12/h2-5,10-11H,6-7,13H2,1H3. The Morgan fingerprint density at radius 1 is 1.46 bits per heavy atom. The van der Waals surface area contributed by atoms with Gasteiger partial charge in [0.15, 0.2) is 0 Å². The van der Waals surface area contributed by atoms with Crippen LogP contribution in [0.3, 0.4) is 0 Å². The van der Waals surface area contributed by atoms with E-state index in [0.29, 0.717) is 5.41 Å². The Morgan fingerprint density at radius 3 is 3.00 bits per heavy atom. The van der Waals surface area contributed by atoms with Crippen LogP contribution in [0.2, 0.25) is 0 Å². The molecule has 1 saturated carbocycles. The summed E-state index contributed by atoms with van der Waals surface area (Å²) < 4.78 is 0. The van der Waals surface area contributed by atoms with Gasteiger partial charge in [-0.2, -0.15) is 0 Å². The summed E-state index contributed by atoms with van der Waals surface area (Å²) >= 11 is 0. The maximum Gasteiger partial charge on any atom is -0.00142 e. The highest BCUT2D eigenvalue weighted by atomic mass is 14.8. The molecule has 1 heteroatoms. The van der Waals surface area contributed by atoms with Crippen LogP contribution >= 0.6 is 0 Å². The zero-order chi connectivity index (χ0) is 9.05. The largest absolute Gasteiger partial charge is 0.330 e. The van der Waals surface area contributed by atoms with E-state index < -0.39 is 0 Å². The molecule has 2 N–H and O–H groups in total. The second kappa shape index (κ2) is 2.16. The van der Waals surface area contributed by atoms with E-state index in [9.17, 15) is 0 Å². The fourth-order valence-corrected chi connectivity index (χ4v) is 3.12. The maximum atomic E-state index is 5.82. The molecule has 1 fully saturated rings. The lowest BCUT2D eigenvalue weighted by Gasteiger charge is -2.13. The zero-order valence-electron chi connectivity index (χ0n) is 7.96. The molecule has 0 saturated heterocycles. The van der Waals surface area contributed by atoms with E-state index in [2.05, 4.69) is 31.2 Å². The van der Waals surface area contributed by atoms with Gasteiger partial charge in [-0.05, 0) is 41.3 Å². The van der Waals surface area contributed by atoms with Gasteiger partial charge in [0, 0.05) is 0 Å². The first kappa shape index (κ1) is 7.57. The lowest BCUT2D eigenvalue weighted by molar-refractivity contribution is 0.497. The number of hydrogen-bond donors (Lipinski definition) is 1. The van der Waals surface area contributed by atoms with Crippen LogP contribution in [0.5, 0.6) is 0 Å². The third-order valence-electron chi connectivity index (χ3n) is 4.12. The zero-order valence-corrected chi connectivity index (χ0v) is 7.96. The van der Waals surface area contributed by atoms with Crippen LogP contribution in [0.4, 0.5) is 0 Å². The van der Waals surface area contributed by atoms with Crippen molar-refractivity contribution in [2.75, 3.05) is 6.54 Å². The number of fused-ring (bicyclic) bond motifs is 3. The van der Waals surface area contributed by atoms with Gasteiger partial charge in [0.05, 0.1) is 0 Å². The molecule has 3 unspecified atom stereocenters. The summed E-state index contributed by atoms with van der Waals surface area (Å²) in [5.74, 6) is 1.61. The van der Waals surface area contributed by atoms with Crippen molar-refractivity contribution < 1.29 is 0 Å². The highest BCUT2D eigenvalue weighted by Gasteiger charge is 2.63. The topological polar surface area (TPSA) is 26.0 Å². The van der Waals surface area contributed by atoms with Crippen molar-refractivity contribution in [2.45, 2.75) is 19.3 Å². The molecule has 2 aliphatic rings. The Balaban J connectivity index is 2.04. The molecule has 1 aromatic rings. The van der Waals surface area contributed by atoms with Gasteiger partial charge in [0.1, 0.15) is 0 Å². The highest BCUT2D eigenvalue weighted by Crippen LogP contribution is 2.69. The lowest BCUT2D eigenvalue weighted by atomic mass is 9.93. The number of nitrogens with two attached hydrogens (primary N) is 1. The fourth-order valence-electron chi connectivity index (χ4n) is 3.12. The SMILES string of the molecule is CC1(CN)C2Cc3ccccc3C21. The first-order valence-corrected chi connectivity index (χ1v) is 5.05. The highest BCUT2D eigenvalue weighted by molar-refractivity contribution is 5.45. The third kappa shape index (κ3) is 0.761. The second-order valence-electron chi connectivity index (χ2n) is 4.70. The minimum atomic E-state index is 0.425. The van der Waals surface area contributed by atoms with Crippen LogP contribution in [0.15, 0.2) is 24.3 Å². The van der Waals surface area contributed by atoms with E-state index >= 15 is 0 Å². The van der Waals surface area contributed by atoms with E-state index in [4.69, 9.17) is 5.73 Å². The first-order chi connectivity index (χ1) is 6.27. The number of hydrogen-bond acceptors (Lipinski definition) is 1. The molecule has 3 rings (SSSR count). The van der Waals surface area contributed by atoms with Gasteiger partial charge >= 0.3 is 0 Å². The Bertz CT molecular complexity index is 358. The molecule has 3 atom stereocenters. The van der Waals surface area contributed by atoms with Crippen LogP contribution in [-0.4, -0.2) is 6.54 Å². The summed E-state index contributed by atoms with van der Waals surface area (Å²) in [6.45, 7) is 3.18. The van der Waals surface area contributed by atoms with Crippen molar-refractivity contribution >= 4 is 0 Å². The van der Waals surface area contributed by atoms with Crippen molar-refractivity contribution in [3.8, 4) is 0 Å². The first-order valence-electron chi connectivity index (χ1n) is 5.05. The van der Waals surface area contributed by atoms with E-state index in [1.54, 1.807) is 11.1 Å².